The molecule has 0 aliphatic heterocycles. The smallest absolute Gasteiger partial charge is 0.305 e. The number of unbranched alkanes of at least 4 members (excludes halogenated alkanes) is 2. The van der Waals surface area contributed by atoms with E-state index in [4.69, 9.17) is 9.47 Å². The van der Waals surface area contributed by atoms with Gasteiger partial charge in [0.25, 0.3) is 0 Å². The summed E-state index contributed by atoms with van der Waals surface area (Å²) in [4.78, 5) is 24.3. The Balaban J connectivity index is 2.67. The molecule has 0 fully saturated rings. The molecule has 6 nitrogen and oxygen atoms in total. The Hall–Kier alpha value is -3.02. The summed E-state index contributed by atoms with van der Waals surface area (Å²) in [5, 5.41) is 9.33. The summed E-state index contributed by atoms with van der Waals surface area (Å²) in [6.07, 6.45) is 4.29. The van der Waals surface area contributed by atoms with Crippen molar-refractivity contribution in [3.05, 3.63) is 71.8 Å². The molecule has 0 radical (unpaired) electrons. The Bertz CT molecular complexity index is 812. The molecule has 0 aliphatic carbocycles. The van der Waals surface area contributed by atoms with Crippen LogP contribution in [0.3, 0.4) is 0 Å². The zero-order valence-corrected chi connectivity index (χ0v) is 19.5. The minimum absolute atomic E-state index is 0.449. The monoisotopic (exact) mass is 438 g/mol. The first-order chi connectivity index (χ1) is 15.4. The fraction of sp³-hybridized carbons (Fsp3) is 0.462. The molecule has 2 unspecified atom stereocenters. The van der Waals surface area contributed by atoms with Crippen molar-refractivity contribution in [2.45, 2.75) is 77.7 Å². The van der Waals surface area contributed by atoms with Gasteiger partial charge < -0.3 is 9.47 Å². The summed E-state index contributed by atoms with van der Waals surface area (Å²) in [5.74, 6) is -0.898. The minimum atomic E-state index is -1.30. The van der Waals surface area contributed by atoms with E-state index in [-0.39, 0.29) is 0 Å². The van der Waals surface area contributed by atoms with Gasteiger partial charge in [-0.15, -0.1) is 10.2 Å². The Morgan fingerprint density at radius 3 is 1.31 bits per heavy atom. The van der Waals surface area contributed by atoms with Gasteiger partial charge in [-0.05, 0) is 12.8 Å². The fourth-order valence-corrected chi connectivity index (χ4v) is 3.63. The van der Waals surface area contributed by atoms with Crippen LogP contribution in [0.2, 0.25) is 0 Å². The Labute approximate surface area is 191 Å². The van der Waals surface area contributed by atoms with E-state index < -0.39 is 23.4 Å². The van der Waals surface area contributed by atoms with Crippen LogP contribution in [0.25, 0.3) is 0 Å². The highest BCUT2D eigenvalue weighted by atomic mass is 16.6. The van der Waals surface area contributed by atoms with Crippen LogP contribution in [0.15, 0.2) is 70.9 Å². The van der Waals surface area contributed by atoms with E-state index in [9.17, 15) is 9.59 Å². The van der Waals surface area contributed by atoms with Gasteiger partial charge in [0, 0.05) is 37.8 Å². The van der Waals surface area contributed by atoms with E-state index in [1.165, 1.54) is 13.8 Å². The topological polar surface area (TPSA) is 77.3 Å². The molecule has 2 atom stereocenters. The predicted molar refractivity (Wildman–Crippen MR) is 124 cm³/mol. The number of azo groups is 1. The molecule has 0 bridgehead atoms. The summed E-state index contributed by atoms with van der Waals surface area (Å²) in [6, 6.07) is 18.8. The molecule has 0 heterocycles. The molecule has 0 saturated carbocycles. The van der Waals surface area contributed by atoms with E-state index >= 15 is 0 Å². The van der Waals surface area contributed by atoms with E-state index in [0.29, 0.717) is 12.8 Å². The molecule has 0 aromatic heterocycles. The molecule has 2 aromatic carbocycles. The van der Waals surface area contributed by atoms with E-state index in [2.05, 4.69) is 24.1 Å². The number of nitrogens with zero attached hydrogens (tertiary/aromatic N) is 2. The fourth-order valence-electron chi connectivity index (χ4n) is 3.63. The lowest BCUT2D eigenvalue weighted by Crippen LogP contribution is -2.33. The van der Waals surface area contributed by atoms with Crippen LogP contribution in [0.1, 0.15) is 77.3 Å². The van der Waals surface area contributed by atoms with Crippen molar-refractivity contribution in [1.82, 2.24) is 0 Å². The average Bonchev–Trinajstić information content (AvgIpc) is 2.79. The molecule has 6 heteroatoms. The van der Waals surface area contributed by atoms with Crippen LogP contribution in [-0.4, -0.2) is 11.9 Å². The molecule has 32 heavy (non-hydrogen) atoms. The minimum Gasteiger partial charge on any atom is -0.431 e. The molecule has 2 rings (SSSR count). The van der Waals surface area contributed by atoms with Gasteiger partial charge in [0.15, 0.2) is 0 Å². The second-order valence-corrected chi connectivity index (χ2v) is 7.90. The van der Waals surface area contributed by atoms with Crippen molar-refractivity contribution in [3.63, 3.8) is 0 Å². The molecule has 0 saturated heterocycles. The summed E-state index contributed by atoms with van der Waals surface area (Å²) in [5.41, 5.74) is -1.13. The largest absolute Gasteiger partial charge is 0.431 e. The molecule has 0 amide bonds. The highest BCUT2D eigenvalue weighted by Crippen LogP contribution is 2.39. The van der Waals surface area contributed by atoms with Gasteiger partial charge in [0.2, 0.25) is 11.4 Å². The zero-order chi connectivity index (χ0) is 23.5. The van der Waals surface area contributed by atoms with Crippen LogP contribution in [0.5, 0.6) is 0 Å². The van der Waals surface area contributed by atoms with Gasteiger partial charge >= 0.3 is 11.9 Å². The van der Waals surface area contributed by atoms with Crippen molar-refractivity contribution in [2.75, 3.05) is 0 Å². The second kappa shape index (κ2) is 12.1. The van der Waals surface area contributed by atoms with Crippen LogP contribution in [0.4, 0.5) is 0 Å². The van der Waals surface area contributed by atoms with Crippen molar-refractivity contribution in [2.24, 2.45) is 10.2 Å². The first kappa shape index (κ1) is 25.2. The van der Waals surface area contributed by atoms with Crippen LogP contribution in [-0.2, 0) is 30.5 Å². The number of ether oxygens (including phenoxy) is 2. The van der Waals surface area contributed by atoms with E-state index in [1.54, 1.807) is 0 Å². The molecule has 0 aliphatic rings. The SMILES string of the molecule is CCCCC(/N=N/C(CCCC)(OC(C)=O)c1ccccc1)(OC(C)=O)c1ccccc1. The molecular weight excluding hydrogens is 404 g/mol. The van der Waals surface area contributed by atoms with Crippen LogP contribution >= 0.6 is 0 Å². The third-order valence-corrected chi connectivity index (χ3v) is 5.19. The van der Waals surface area contributed by atoms with Crippen molar-refractivity contribution < 1.29 is 19.1 Å². The lowest BCUT2D eigenvalue weighted by molar-refractivity contribution is -0.166. The van der Waals surface area contributed by atoms with E-state index in [0.717, 1.165) is 36.8 Å². The average molecular weight is 439 g/mol. The highest BCUT2D eigenvalue weighted by molar-refractivity contribution is 5.67. The summed E-state index contributed by atoms with van der Waals surface area (Å²) < 4.78 is 11.7. The van der Waals surface area contributed by atoms with Gasteiger partial charge in [0.05, 0.1) is 0 Å². The number of rotatable bonds is 12. The number of esters is 2. The highest BCUT2D eigenvalue weighted by Gasteiger charge is 2.40. The standard InChI is InChI=1S/C26H34N2O4/c1-5-7-19-25(31-21(3)29,23-15-11-9-12-16-23)27-28-26(20-8-6-2,32-22(4)30)24-17-13-10-14-18-24/h9-18H,5-8,19-20H2,1-4H3/b28-27+. The third-order valence-electron chi connectivity index (χ3n) is 5.19. The van der Waals surface area contributed by atoms with Gasteiger partial charge in [-0.25, -0.2) is 0 Å². The van der Waals surface area contributed by atoms with Crippen molar-refractivity contribution in [3.8, 4) is 0 Å². The second-order valence-electron chi connectivity index (χ2n) is 7.90. The summed E-state index contributed by atoms with van der Waals surface area (Å²) in [7, 11) is 0. The lowest BCUT2D eigenvalue weighted by Gasteiger charge is -2.32. The molecule has 172 valence electrons. The number of hydrogen-bond donors (Lipinski definition) is 0. The lowest BCUT2D eigenvalue weighted by atomic mass is 9.96. The van der Waals surface area contributed by atoms with E-state index in [1.807, 2.05) is 60.7 Å². The molecule has 0 spiro atoms. The van der Waals surface area contributed by atoms with Crippen molar-refractivity contribution >= 4 is 11.9 Å². The predicted octanol–water partition coefficient (Wildman–Crippen LogP) is 6.65. The maximum absolute atomic E-state index is 12.1. The number of benzene rings is 2. The zero-order valence-electron chi connectivity index (χ0n) is 19.5. The van der Waals surface area contributed by atoms with Crippen molar-refractivity contribution in [1.29, 1.82) is 0 Å². The van der Waals surface area contributed by atoms with Gasteiger partial charge in [0.1, 0.15) is 0 Å². The molecule has 0 N–H and O–H groups in total. The molecule has 2 aromatic rings. The maximum atomic E-state index is 12.1. The first-order valence-corrected chi connectivity index (χ1v) is 11.3. The Morgan fingerprint density at radius 1 is 0.688 bits per heavy atom. The summed E-state index contributed by atoms with van der Waals surface area (Å²) >= 11 is 0. The molecular formula is C26H34N2O4. The summed E-state index contributed by atoms with van der Waals surface area (Å²) in [6.45, 7) is 6.86. The van der Waals surface area contributed by atoms with Crippen LogP contribution in [0, 0.1) is 0 Å². The van der Waals surface area contributed by atoms with Gasteiger partial charge in [-0.3, -0.25) is 9.59 Å². The Morgan fingerprint density at radius 2 is 1.03 bits per heavy atom. The number of carbonyl (C=O) groups is 2. The quantitative estimate of drug-likeness (QED) is 0.274. The van der Waals surface area contributed by atoms with Gasteiger partial charge in [-0.2, -0.15) is 0 Å². The number of hydrogen-bond acceptors (Lipinski definition) is 6. The Kier molecular flexibility index (Phi) is 9.57. The third kappa shape index (κ3) is 6.74. The maximum Gasteiger partial charge on any atom is 0.305 e. The van der Waals surface area contributed by atoms with Crippen LogP contribution < -0.4 is 0 Å². The number of carbonyl (C=O) groups excluding carboxylic acids is 2. The first-order valence-electron chi connectivity index (χ1n) is 11.3. The normalized spacial score (nSPS) is 15.0. The van der Waals surface area contributed by atoms with Gasteiger partial charge in [-0.1, -0.05) is 87.4 Å².